The van der Waals surface area contributed by atoms with E-state index < -0.39 is 11.2 Å². The Morgan fingerprint density at radius 3 is 2.95 bits per heavy atom. The normalized spacial score (nSPS) is 18.1. The average Bonchev–Trinajstić information content (AvgIpc) is 2.52. The third-order valence-electron chi connectivity index (χ3n) is 3.95. The number of amides is 1. The molecule has 1 aliphatic heterocycles. The van der Waals surface area contributed by atoms with Gasteiger partial charge in [-0.3, -0.25) is 14.6 Å². The van der Waals surface area contributed by atoms with E-state index in [1.165, 1.54) is 23.3 Å². The van der Waals surface area contributed by atoms with Crippen molar-refractivity contribution in [3.05, 3.63) is 33.1 Å². The van der Waals surface area contributed by atoms with Gasteiger partial charge in [0.2, 0.25) is 5.91 Å². The lowest BCUT2D eigenvalue weighted by Gasteiger charge is -2.25. The molecule has 0 radical (unpaired) electrons. The molecule has 2 heterocycles. The van der Waals surface area contributed by atoms with Crippen molar-refractivity contribution < 1.29 is 9.53 Å². The fourth-order valence-corrected chi connectivity index (χ4v) is 2.52. The summed E-state index contributed by atoms with van der Waals surface area (Å²) in [5, 5.41) is 0. The van der Waals surface area contributed by atoms with Crippen molar-refractivity contribution in [3.8, 4) is 0 Å². The van der Waals surface area contributed by atoms with Gasteiger partial charge in [0.15, 0.2) is 0 Å². The lowest BCUT2D eigenvalue weighted by atomic mass is 10.1. The molecule has 1 atom stereocenters. The molecule has 0 aromatic carbocycles. The first-order valence-corrected chi connectivity index (χ1v) is 7.71. The number of H-pyrrole nitrogens is 1. The van der Waals surface area contributed by atoms with Crippen molar-refractivity contribution in [1.29, 1.82) is 0 Å². The molecule has 2 rings (SSSR count). The van der Waals surface area contributed by atoms with Crippen LogP contribution >= 0.6 is 0 Å². The minimum atomic E-state index is -0.487. The van der Waals surface area contributed by atoms with E-state index in [2.05, 4.69) is 4.98 Å². The highest BCUT2D eigenvalue weighted by Gasteiger charge is 2.16. The Kier molecular flexibility index (Phi) is 5.94. The summed E-state index contributed by atoms with van der Waals surface area (Å²) in [6.07, 6.45) is 6.12. The number of aromatic amines is 1. The number of carbonyl (C=O) groups excluding carboxylic acids is 1. The molecule has 0 bridgehead atoms. The predicted molar refractivity (Wildman–Crippen MR) is 81.8 cm³/mol. The summed E-state index contributed by atoms with van der Waals surface area (Å²) in [6, 6.07) is 1.27. The van der Waals surface area contributed by atoms with Crippen LogP contribution in [0, 0.1) is 0 Å². The standard InChI is InChI=1S/C15H23N3O4/c1-17(8-5-12-4-2-3-11-22-12)14(20)7-10-18-9-6-13(19)16-15(18)21/h6,9,12H,2-5,7-8,10-11H2,1H3,(H,16,19,21)/t12-/m1/s1. The number of hydrogen-bond donors (Lipinski definition) is 1. The van der Waals surface area contributed by atoms with E-state index >= 15 is 0 Å². The molecule has 1 aromatic rings. The predicted octanol–water partition coefficient (Wildman–Crippen LogP) is 0.344. The maximum Gasteiger partial charge on any atom is 0.328 e. The molecule has 1 aliphatic rings. The van der Waals surface area contributed by atoms with Crippen molar-refractivity contribution in [2.75, 3.05) is 20.2 Å². The highest BCUT2D eigenvalue weighted by atomic mass is 16.5. The zero-order valence-electron chi connectivity index (χ0n) is 12.9. The summed E-state index contributed by atoms with van der Waals surface area (Å²) >= 11 is 0. The van der Waals surface area contributed by atoms with Gasteiger partial charge in [-0.05, 0) is 25.7 Å². The molecule has 0 spiro atoms. The van der Waals surface area contributed by atoms with Gasteiger partial charge in [0.1, 0.15) is 0 Å². The summed E-state index contributed by atoms with van der Waals surface area (Å²) in [6.45, 7) is 1.74. The van der Waals surface area contributed by atoms with Gasteiger partial charge < -0.3 is 14.2 Å². The Labute approximate surface area is 128 Å². The van der Waals surface area contributed by atoms with Crippen LogP contribution in [0.3, 0.4) is 0 Å². The van der Waals surface area contributed by atoms with Crippen LogP contribution in [0.1, 0.15) is 32.1 Å². The van der Waals surface area contributed by atoms with Crippen LogP contribution < -0.4 is 11.2 Å². The van der Waals surface area contributed by atoms with E-state index in [4.69, 9.17) is 4.74 Å². The third kappa shape index (κ3) is 4.84. The Bertz CT molecular complexity index is 601. The van der Waals surface area contributed by atoms with Crippen molar-refractivity contribution in [2.45, 2.75) is 44.8 Å². The molecule has 0 unspecified atom stereocenters. The number of aromatic nitrogens is 2. The SMILES string of the molecule is CN(CC[C@H]1CCCCO1)C(=O)CCn1ccc(=O)[nH]c1=O. The fraction of sp³-hybridized carbons (Fsp3) is 0.667. The first kappa shape index (κ1) is 16.5. The van der Waals surface area contributed by atoms with Crippen molar-refractivity contribution >= 4 is 5.91 Å². The van der Waals surface area contributed by atoms with Crippen LogP contribution in [0.5, 0.6) is 0 Å². The fourth-order valence-electron chi connectivity index (χ4n) is 2.52. The molecule has 7 heteroatoms. The summed E-state index contributed by atoms with van der Waals surface area (Å²) in [4.78, 5) is 38.4. The highest BCUT2D eigenvalue weighted by molar-refractivity contribution is 5.75. The highest BCUT2D eigenvalue weighted by Crippen LogP contribution is 2.15. The van der Waals surface area contributed by atoms with Gasteiger partial charge in [0, 0.05) is 45.4 Å². The van der Waals surface area contributed by atoms with Gasteiger partial charge in [-0.25, -0.2) is 4.79 Å². The lowest BCUT2D eigenvalue weighted by Crippen LogP contribution is -2.34. The Balaban J connectivity index is 1.76. The summed E-state index contributed by atoms with van der Waals surface area (Å²) in [5.41, 5.74) is -0.921. The number of nitrogens with one attached hydrogen (secondary N) is 1. The maximum atomic E-state index is 12.1. The van der Waals surface area contributed by atoms with Crippen molar-refractivity contribution in [3.63, 3.8) is 0 Å². The van der Waals surface area contributed by atoms with E-state index in [-0.39, 0.29) is 25.0 Å². The smallest absolute Gasteiger partial charge is 0.328 e. The monoisotopic (exact) mass is 309 g/mol. The Morgan fingerprint density at radius 2 is 2.27 bits per heavy atom. The summed E-state index contributed by atoms with van der Waals surface area (Å²) in [7, 11) is 1.76. The Morgan fingerprint density at radius 1 is 1.45 bits per heavy atom. The van der Waals surface area contributed by atoms with Crippen LogP contribution in [0.15, 0.2) is 21.9 Å². The lowest BCUT2D eigenvalue weighted by molar-refractivity contribution is -0.130. The van der Waals surface area contributed by atoms with E-state index in [1.807, 2.05) is 0 Å². The molecule has 0 saturated carbocycles. The van der Waals surface area contributed by atoms with E-state index in [0.717, 1.165) is 25.9 Å². The average molecular weight is 309 g/mol. The van der Waals surface area contributed by atoms with Gasteiger partial charge in [0.05, 0.1) is 6.10 Å². The molecule has 1 N–H and O–H groups in total. The van der Waals surface area contributed by atoms with Gasteiger partial charge in [-0.2, -0.15) is 0 Å². The first-order valence-electron chi connectivity index (χ1n) is 7.71. The maximum absolute atomic E-state index is 12.1. The van der Waals surface area contributed by atoms with Crippen LogP contribution in [0.2, 0.25) is 0 Å². The zero-order chi connectivity index (χ0) is 15.9. The first-order chi connectivity index (χ1) is 10.6. The second kappa shape index (κ2) is 7.93. The number of aryl methyl sites for hydroxylation is 1. The van der Waals surface area contributed by atoms with Gasteiger partial charge in [0.25, 0.3) is 5.56 Å². The molecular weight excluding hydrogens is 286 g/mol. The largest absolute Gasteiger partial charge is 0.378 e. The molecule has 22 heavy (non-hydrogen) atoms. The van der Waals surface area contributed by atoms with Crippen LogP contribution in [-0.2, 0) is 16.1 Å². The molecule has 1 aromatic heterocycles. The quantitative estimate of drug-likeness (QED) is 0.821. The third-order valence-corrected chi connectivity index (χ3v) is 3.95. The Hall–Kier alpha value is -1.89. The molecular formula is C15H23N3O4. The number of carbonyl (C=O) groups is 1. The molecule has 7 nitrogen and oxygen atoms in total. The van der Waals surface area contributed by atoms with Gasteiger partial charge in [-0.15, -0.1) is 0 Å². The number of ether oxygens (including phenoxy) is 1. The topological polar surface area (TPSA) is 84.4 Å². The number of rotatable bonds is 6. The number of hydrogen-bond acceptors (Lipinski definition) is 4. The van der Waals surface area contributed by atoms with Gasteiger partial charge >= 0.3 is 5.69 Å². The van der Waals surface area contributed by atoms with Crippen LogP contribution in [-0.4, -0.2) is 46.7 Å². The minimum Gasteiger partial charge on any atom is -0.378 e. The minimum absolute atomic E-state index is 0.0195. The molecule has 1 amide bonds. The molecule has 1 fully saturated rings. The number of nitrogens with zero attached hydrogens (tertiary/aromatic N) is 2. The van der Waals surface area contributed by atoms with Crippen molar-refractivity contribution in [2.24, 2.45) is 0 Å². The summed E-state index contributed by atoms with van der Waals surface area (Å²) < 4.78 is 6.98. The van der Waals surface area contributed by atoms with E-state index in [0.29, 0.717) is 6.54 Å². The van der Waals surface area contributed by atoms with Crippen LogP contribution in [0.4, 0.5) is 0 Å². The zero-order valence-corrected chi connectivity index (χ0v) is 12.9. The van der Waals surface area contributed by atoms with E-state index in [9.17, 15) is 14.4 Å². The molecule has 1 saturated heterocycles. The second-order valence-electron chi connectivity index (χ2n) is 5.65. The van der Waals surface area contributed by atoms with Crippen molar-refractivity contribution in [1.82, 2.24) is 14.5 Å². The van der Waals surface area contributed by atoms with Gasteiger partial charge in [-0.1, -0.05) is 0 Å². The molecule has 122 valence electrons. The van der Waals surface area contributed by atoms with Crippen LogP contribution in [0.25, 0.3) is 0 Å². The second-order valence-corrected chi connectivity index (χ2v) is 5.65. The summed E-state index contributed by atoms with van der Waals surface area (Å²) in [5.74, 6) is -0.0195. The van der Waals surface area contributed by atoms with E-state index in [1.54, 1.807) is 11.9 Å². The molecule has 0 aliphatic carbocycles.